The van der Waals surface area contributed by atoms with E-state index < -0.39 is 6.03 Å². The molecule has 0 aliphatic heterocycles. The van der Waals surface area contributed by atoms with Gasteiger partial charge in [0.25, 0.3) is 0 Å². The van der Waals surface area contributed by atoms with Crippen LogP contribution in [0.2, 0.25) is 10.0 Å². The predicted molar refractivity (Wildman–Crippen MR) is 85.0 cm³/mol. The second-order valence-corrected chi connectivity index (χ2v) is 5.21. The van der Waals surface area contributed by atoms with Crippen LogP contribution in [0.4, 0.5) is 16.3 Å². The zero-order valence-corrected chi connectivity index (χ0v) is 12.2. The van der Waals surface area contributed by atoms with Crippen LogP contribution in [0.5, 0.6) is 0 Å². The summed E-state index contributed by atoms with van der Waals surface area (Å²) >= 11 is 11.9. The molecule has 21 heavy (non-hydrogen) atoms. The Bertz CT molecular complexity index is 844. The third-order valence-electron chi connectivity index (χ3n) is 2.98. The van der Waals surface area contributed by atoms with Crippen LogP contribution in [-0.2, 0) is 0 Å². The van der Waals surface area contributed by atoms with Gasteiger partial charge in [-0.25, -0.2) is 4.79 Å². The molecule has 0 fully saturated rings. The summed E-state index contributed by atoms with van der Waals surface area (Å²) in [4.78, 5) is 12.3. The van der Waals surface area contributed by atoms with Crippen LogP contribution in [0, 0.1) is 0 Å². The van der Waals surface area contributed by atoms with Gasteiger partial charge in [-0.1, -0.05) is 35.3 Å². The summed E-state index contributed by atoms with van der Waals surface area (Å²) in [5, 5.41) is 8.28. The standard InChI is InChI=1S/C14H10Cl2N4O/c15-8-5-6-10(16)11(7-8)18-14(21)20-12-4-2-1-3-9(12)13(17)19-20/h1-7H,(H2,17,19)(H,18,21). The van der Waals surface area contributed by atoms with Crippen LogP contribution < -0.4 is 11.1 Å². The Balaban J connectivity index is 2.00. The third-order valence-corrected chi connectivity index (χ3v) is 3.54. The molecule has 0 aliphatic carbocycles. The Hall–Kier alpha value is -2.24. The summed E-state index contributed by atoms with van der Waals surface area (Å²) < 4.78 is 1.20. The summed E-state index contributed by atoms with van der Waals surface area (Å²) in [6.45, 7) is 0. The Kier molecular flexibility index (Phi) is 3.45. The van der Waals surface area contributed by atoms with Crippen LogP contribution in [0.1, 0.15) is 0 Å². The van der Waals surface area contributed by atoms with E-state index in [2.05, 4.69) is 10.4 Å². The Morgan fingerprint density at radius 2 is 1.95 bits per heavy atom. The van der Waals surface area contributed by atoms with Gasteiger partial charge in [0.1, 0.15) is 0 Å². The lowest BCUT2D eigenvalue weighted by Gasteiger charge is -2.08. The first-order chi connectivity index (χ1) is 10.1. The molecule has 0 aliphatic rings. The molecule has 0 atom stereocenters. The summed E-state index contributed by atoms with van der Waals surface area (Å²) in [5.74, 6) is 0.290. The number of benzene rings is 2. The molecule has 7 heteroatoms. The molecule has 1 heterocycles. The van der Waals surface area contributed by atoms with Crippen molar-refractivity contribution in [2.45, 2.75) is 0 Å². The average Bonchev–Trinajstić information content (AvgIpc) is 2.81. The monoisotopic (exact) mass is 320 g/mol. The summed E-state index contributed by atoms with van der Waals surface area (Å²) in [6, 6.07) is 11.5. The molecule has 0 unspecified atom stereocenters. The van der Waals surface area contributed by atoms with Gasteiger partial charge in [0.2, 0.25) is 0 Å². The second kappa shape index (κ2) is 5.27. The lowest BCUT2D eigenvalue weighted by molar-refractivity contribution is 0.252. The van der Waals surface area contributed by atoms with Crippen molar-refractivity contribution in [3.05, 3.63) is 52.5 Å². The predicted octanol–water partition coefficient (Wildman–Crippen LogP) is 4.01. The first-order valence-corrected chi connectivity index (χ1v) is 6.81. The highest BCUT2D eigenvalue weighted by Gasteiger charge is 2.14. The van der Waals surface area contributed by atoms with Crippen molar-refractivity contribution in [1.82, 2.24) is 9.78 Å². The molecule has 0 saturated heterocycles. The quantitative estimate of drug-likeness (QED) is 0.711. The number of nitrogens with two attached hydrogens (primary N) is 1. The third kappa shape index (κ3) is 2.53. The van der Waals surface area contributed by atoms with E-state index in [-0.39, 0.29) is 5.82 Å². The van der Waals surface area contributed by atoms with E-state index >= 15 is 0 Å². The molecule has 0 bridgehead atoms. The molecule has 3 aromatic rings. The lowest BCUT2D eigenvalue weighted by Crippen LogP contribution is -2.20. The molecule has 5 nitrogen and oxygen atoms in total. The Morgan fingerprint density at radius 1 is 1.19 bits per heavy atom. The van der Waals surface area contributed by atoms with Gasteiger partial charge in [-0.15, -0.1) is 5.10 Å². The maximum absolute atomic E-state index is 12.3. The number of nitrogens with zero attached hydrogens (tertiary/aromatic N) is 2. The minimum absolute atomic E-state index is 0.290. The lowest BCUT2D eigenvalue weighted by atomic mass is 10.2. The maximum atomic E-state index is 12.3. The maximum Gasteiger partial charge on any atom is 0.347 e. The van der Waals surface area contributed by atoms with Gasteiger partial charge >= 0.3 is 6.03 Å². The molecular formula is C14H10Cl2N4O. The van der Waals surface area contributed by atoms with Crippen molar-refractivity contribution < 1.29 is 4.79 Å². The number of nitrogen functional groups attached to an aromatic ring is 1. The number of aromatic nitrogens is 2. The number of para-hydroxylation sites is 1. The summed E-state index contributed by atoms with van der Waals surface area (Å²) in [6.07, 6.45) is 0. The number of rotatable bonds is 1. The van der Waals surface area contributed by atoms with Crippen LogP contribution in [0.15, 0.2) is 42.5 Å². The van der Waals surface area contributed by atoms with Crippen LogP contribution >= 0.6 is 23.2 Å². The average molecular weight is 321 g/mol. The SMILES string of the molecule is Nc1nn(C(=O)Nc2cc(Cl)ccc2Cl)c2ccccc12. The van der Waals surface area contributed by atoms with Crippen LogP contribution in [-0.4, -0.2) is 15.8 Å². The van der Waals surface area contributed by atoms with Gasteiger partial charge in [-0.05, 0) is 30.3 Å². The van der Waals surface area contributed by atoms with E-state index in [0.29, 0.717) is 26.6 Å². The van der Waals surface area contributed by atoms with E-state index in [1.54, 1.807) is 36.4 Å². The first-order valence-electron chi connectivity index (χ1n) is 6.06. The molecule has 1 aromatic heterocycles. The fraction of sp³-hybridized carbons (Fsp3) is 0. The molecule has 0 spiro atoms. The fourth-order valence-electron chi connectivity index (χ4n) is 2.01. The minimum Gasteiger partial charge on any atom is -0.382 e. The summed E-state index contributed by atoms with van der Waals surface area (Å²) in [5.41, 5.74) is 6.83. The van der Waals surface area contributed by atoms with E-state index in [9.17, 15) is 4.79 Å². The van der Waals surface area contributed by atoms with Crippen LogP contribution in [0.25, 0.3) is 10.9 Å². The normalized spacial score (nSPS) is 10.8. The zero-order valence-electron chi connectivity index (χ0n) is 10.7. The number of nitrogens with one attached hydrogen (secondary N) is 1. The number of amides is 1. The van der Waals surface area contributed by atoms with Gasteiger partial charge in [0, 0.05) is 10.4 Å². The van der Waals surface area contributed by atoms with E-state index in [1.165, 1.54) is 4.68 Å². The van der Waals surface area contributed by atoms with Crippen LogP contribution in [0.3, 0.4) is 0 Å². The molecular weight excluding hydrogens is 311 g/mol. The van der Waals surface area contributed by atoms with Gasteiger partial charge in [0.05, 0.1) is 16.2 Å². The molecule has 0 saturated carbocycles. The zero-order chi connectivity index (χ0) is 15.0. The Labute approximate surface area is 130 Å². The highest BCUT2D eigenvalue weighted by atomic mass is 35.5. The van der Waals surface area contributed by atoms with Crippen molar-refractivity contribution in [2.75, 3.05) is 11.1 Å². The number of hydrogen-bond donors (Lipinski definition) is 2. The largest absolute Gasteiger partial charge is 0.382 e. The van der Waals surface area contributed by atoms with Gasteiger partial charge in [-0.3, -0.25) is 0 Å². The number of halogens is 2. The molecule has 1 amide bonds. The molecule has 2 aromatic carbocycles. The van der Waals surface area contributed by atoms with Gasteiger partial charge < -0.3 is 11.1 Å². The van der Waals surface area contributed by atoms with Gasteiger partial charge in [0.15, 0.2) is 5.82 Å². The molecule has 106 valence electrons. The fourth-order valence-corrected chi connectivity index (χ4v) is 2.34. The molecule has 0 radical (unpaired) electrons. The molecule has 3 N–H and O–H groups in total. The summed E-state index contributed by atoms with van der Waals surface area (Å²) in [7, 11) is 0. The van der Waals surface area contributed by atoms with Crippen molar-refractivity contribution >= 4 is 51.6 Å². The van der Waals surface area contributed by atoms with E-state index in [0.717, 1.165) is 0 Å². The van der Waals surface area contributed by atoms with Crippen molar-refractivity contribution in [3.8, 4) is 0 Å². The number of carbonyl (C=O) groups excluding carboxylic acids is 1. The number of anilines is 2. The van der Waals surface area contributed by atoms with E-state index in [1.807, 2.05) is 6.07 Å². The smallest absolute Gasteiger partial charge is 0.347 e. The minimum atomic E-state index is -0.466. The van der Waals surface area contributed by atoms with E-state index in [4.69, 9.17) is 28.9 Å². The number of carbonyl (C=O) groups is 1. The van der Waals surface area contributed by atoms with Crippen molar-refractivity contribution in [2.24, 2.45) is 0 Å². The van der Waals surface area contributed by atoms with Crippen molar-refractivity contribution in [3.63, 3.8) is 0 Å². The second-order valence-electron chi connectivity index (χ2n) is 4.37. The number of hydrogen-bond acceptors (Lipinski definition) is 3. The Morgan fingerprint density at radius 3 is 2.76 bits per heavy atom. The highest BCUT2D eigenvalue weighted by Crippen LogP contribution is 2.26. The van der Waals surface area contributed by atoms with Crippen molar-refractivity contribution in [1.29, 1.82) is 0 Å². The topological polar surface area (TPSA) is 72.9 Å². The van der Waals surface area contributed by atoms with Gasteiger partial charge in [-0.2, -0.15) is 4.68 Å². The number of fused-ring (bicyclic) bond motifs is 1. The molecule has 3 rings (SSSR count). The first kappa shape index (κ1) is 13.7. The highest BCUT2D eigenvalue weighted by molar-refractivity contribution is 6.35.